The normalized spacial score (nSPS) is 10.7. The van der Waals surface area contributed by atoms with Crippen molar-refractivity contribution in [3.8, 4) is 10.9 Å². The van der Waals surface area contributed by atoms with Crippen molar-refractivity contribution in [3.63, 3.8) is 0 Å². The van der Waals surface area contributed by atoms with Crippen LogP contribution in [0.3, 0.4) is 0 Å². The zero-order valence-electron chi connectivity index (χ0n) is 14.4. The second-order valence-electron chi connectivity index (χ2n) is 4.75. The van der Waals surface area contributed by atoms with E-state index in [1.54, 1.807) is 19.1 Å². The Hall–Kier alpha value is -2.13. The number of methoxy groups -OCH3 is 2. The summed E-state index contributed by atoms with van der Waals surface area (Å²) >= 11 is 11.9. The Kier molecular flexibility index (Phi) is 8.72. The van der Waals surface area contributed by atoms with Gasteiger partial charge in [-0.1, -0.05) is 0 Å². The maximum Gasteiger partial charge on any atom is -0.870 e. The first kappa shape index (κ1) is 22.9. The summed E-state index contributed by atoms with van der Waals surface area (Å²) in [6.07, 6.45) is 3.04. The van der Waals surface area contributed by atoms with Crippen molar-refractivity contribution in [2.45, 2.75) is 6.92 Å². The Balaban J connectivity index is 0.00000364. The van der Waals surface area contributed by atoms with Gasteiger partial charge < -0.3 is 5.48 Å². The summed E-state index contributed by atoms with van der Waals surface area (Å²) in [7, 11) is 2.93. The predicted molar refractivity (Wildman–Crippen MR) is 99.3 cm³/mol. The van der Waals surface area contributed by atoms with Gasteiger partial charge in [0.25, 0.3) is 0 Å². The van der Waals surface area contributed by atoms with Gasteiger partial charge in [0.05, 0.1) is 0 Å². The predicted octanol–water partition coefficient (Wildman–Crippen LogP) is 2.55. The quantitative estimate of drug-likeness (QED) is 0.225. The molecular formula is C16H15ClN4NiO4S-2. The van der Waals surface area contributed by atoms with Crippen molar-refractivity contribution in [2.75, 3.05) is 19.5 Å². The minimum Gasteiger partial charge on any atom is -0.870 e. The molecule has 148 valence electrons. The summed E-state index contributed by atoms with van der Waals surface area (Å²) in [6.45, 7) is 7.81. The van der Waals surface area contributed by atoms with Gasteiger partial charge in [0.1, 0.15) is 0 Å². The molecule has 2 aromatic rings. The van der Waals surface area contributed by atoms with Crippen LogP contribution in [0, 0.1) is 6.58 Å². The van der Waals surface area contributed by atoms with Gasteiger partial charge >= 0.3 is 167 Å². The number of nitrogens with zero attached hydrogens (tertiary/aromatic N) is 3. The first-order chi connectivity index (χ1) is 12.3. The van der Waals surface area contributed by atoms with E-state index in [2.05, 4.69) is 20.5 Å². The first-order valence-electron chi connectivity index (χ1n) is 7.05. The van der Waals surface area contributed by atoms with E-state index in [4.69, 9.17) is 42.7 Å². The maximum atomic E-state index is 12.5. The summed E-state index contributed by atoms with van der Waals surface area (Å²) in [5.41, 5.74) is 0.770. The molecule has 0 aliphatic carbocycles. The molecule has 0 radical (unpaired) electrons. The third-order valence-electron chi connectivity index (χ3n) is 3.01. The third kappa shape index (κ3) is 5.93. The number of halogens is 1. The fraction of sp³-hybridized carbons (Fsp3) is 0.188. The SMILES string of the molecule is [CH-]=C(C(=O)Nc1nnc(OC)s1)/C(=C\[C](C)=[Ni])c1cc(Cl)ncc1OC.[OH-]. The van der Waals surface area contributed by atoms with Crippen LogP contribution in [0.4, 0.5) is 5.13 Å². The average molecular weight is 454 g/mol. The first-order valence-corrected chi connectivity index (χ1v) is 8.73. The molecular weight excluding hydrogens is 438 g/mol. The zero-order chi connectivity index (χ0) is 19.3. The van der Waals surface area contributed by atoms with Crippen LogP contribution in [-0.4, -0.2) is 45.3 Å². The molecule has 0 fully saturated rings. The monoisotopic (exact) mass is 452 g/mol. The molecule has 11 heteroatoms. The Morgan fingerprint density at radius 1 is 1.37 bits per heavy atom. The van der Waals surface area contributed by atoms with Gasteiger partial charge in [0.15, 0.2) is 0 Å². The maximum absolute atomic E-state index is 12.5. The Bertz CT molecular complexity index is 900. The van der Waals surface area contributed by atoms with E-state index in [0.29, 0.717) is 26.6 Å². The molecule has 0 saturated heterocycles. The van der Waals surface area contributed by atoms with E-state index < -0.39 is 5.91 Å². The number of ether oxygens (including phenoxy) is 2. The molecule has 0 aliphatic heterocycles. The second kappa shape index (κ2) is 10.3. The van der Waals surface area contributed by atoms with Gasteiger partial charge in [-0.15, -0.1) is 0 Å². The minimum absolute atomic E-state index is 0. The number of aromatic nitrogens is 3. The van der Waals surface area contributed by atoms with Gasteiger partial charge in [-0.3, -0.25) is 0 Å². The molecule has 0 atom stereocenters. The third-order valence-corrected chi connectivity index (χ3v) is 4.16. The van der Waals surface area contributed by atoms with E-state index >= 15 is 0 Å². The minimum atomic E-state index is -0.578. The standard InChI is InChI=1S/C16H14ClN4O3S.Ni.H2O/c1-5-6-10(11-7-13(17)18-8-12(11)23-3)9(2)14(22)19-15-20-21-16(24-4)25-15;;/h2,6-8H,1,3-4H3,(H,19,20,22);;1H2/q-1;;/p-1/b10-6+;;. The molecule has 0 aromatic carbocycles. The largest absolute Gasteiger partial charge is 0.870 e. The van der Waals surface area contributed by atoms with E-state index in [1.807, 2.05) is 0 Å². The molecule has 8 nitrogen and oxygen atoms in total. The van der Waals surface area contributed by atoms with Crippen LogP contribution in [-0.2, 0) is 19.8 Å². The molecule has 0 saturated carbocycles. The van der Waals surface area contributed by atoms with Gasteiger partial charge in [0, 0.05) is 0 Å². The number of pyridine rings is 1. The average Bonchev–Trinajstić information content (AvgIpc) is 3.06. The van der Waals surface area contributed by atoms with Crippen LogP contribution in [0.2, 0.25) is 5.15 Å². The van der Waals surface area contributed by atoms with E-state index in [0.717, 1.165) is 11.3 Å². The number of carbonyl (C=O) groups is 1. The van der Waals surface area contributed by atoms with Crippen molar-refractivity contribution >= 4 is 44.0 Å². The molecule has 2 N–H and O–H groups in total. The van der Waals surface area contributed by atoms with Gasteiger partial charge in [-0.2, -0.15) is 0 Å². The molecule has 2 rings (SSSR count). The Labute approximate surface area is 172 Å². The van der Waals surface area contributed by atoms with Crippen LogP contribution in [0.5, 0.6) is 10.9 Å². The fourth-order valence-electron chi connectivity index (χ4n) is 1.91. The van der Waals surface area contributed by atoms with Crippen LogP contribution in [0.1, 0.15) is 12.5 Å². The van der Waals surface area contributed by atoms with Crippen molar-refractivity contribution in [1.82, 2.24) is 15.2 Å². The summed E-state index contributed by atoms with van der Waals surface area (Å²) in [4.78, 5) is 16.5. The Morgan fingerprint density at radius 2 is 2.07 bits per heavy atom. The fourth-order valence-corrected chi connectivity index (χ4v) is 2.77. The van der Waals surface area contributed by atoms with Crippen LogP contribution in [0.15, 0.2) is 23.9 Å². The van der Waals surface area contributed by atoms with Crippen LogP contribution < -0.4 is 14.8 Å². The van der Waals surface area contributed by atoms with Gasteiger partial charge in [0.2, 0.25) is 0 Å². The second-order valence-corrected chi connectivity index (χ2v) is 6.85. The van der Waals surface area contributed by atoms with Gasteiger partial charge in [-0.25, -0.2) is 0 Å². The number of nitrogens with one attached hydrogen (secondary N) is 1. The van der Waals surface area contributed by atoms with Crippen molar-refractivity contribution < 1.29 is 34.8 Å². The molecule has 0 aliphatic rings. The van der Waals surface area contributed by atoms with Crippen molar-refractivity contribution in [2.24, 2.45) is 0 Å². The molecule has 2 heterocycles. The topological polar surface area (TPSA) is 116 Å². The number of allylic oxidation sites excluding steroid dienone is 1. The number of amides is 1. The Morgan fingerprint density at radius 3 is 2.63 bits per heavy atom. The van der Waals surface area contributed by atoms with Crippen LogP contribution >= 0.6 is 22.9 Å². The number of anilines is 1. The molecule has 2 aromatic heterocycles. The smallest absolute Gasteiger partial charge is 0.870 e. The number of rotatable bonds is 7. The molecule has 0 unspecified atom stereocenters. The number of carbonyl (C=O) groups excluding carboxylic acids is 1. The van der Waals surface area contributed by atoms with E-state index in [9.17, 15) is 4.79 Å². The van der Waals surface area contributed by atoms with Crippen molar-refractivity contribution in [3.05, 3.63) is 41.2 Å². The molecule has 0 bridgehead atoms. The van der Waals surface area contributed by atoms with Gasteiger partial charge in [-0.05, 0) is 0 Å². The molecule has 0 spiro atoms. The van der Waals surface area contributed by atoms with E-state index in [1.165, 1.54) is 20.4 Å². The zero-order valence-corrected chi connectivity index (χ0v) is 17.0. The molecule has 1 amide bonds. The number of hydrogen-bond donors (Lipinski definition) is 1. The molecule has 27 heavy (non-hydrogen) atoms. The van der Waals surface area contributed by atoms with E-state index in [-0.39, 0.29) is 21.3 Å². The summed E-state index contributed by atoms with van der Waals surface area (Å²) in [6, 6.07) is 1.54. The number of hydrogen-bond acceptors (Lipinski definition) is 8. The van der Waals surface area contributed by atoms with Crippen molar-refractivity contribution in [1.29, 1.82) is 0 Å². The van der Waals surface area contributed by atoms with Crippen LogP contribution in [0.25, 0.3) is 5.57 Å². The summed E-state index contributed by atoms with van der Waals surface area (Å²) in [5.74, 6) is -0.179. The summed E-state index contributed by atoms with van der Waals surface area (Å²) < 4.78 is 10.8. The summed E-state index contributed by atoms with van der Waals surface area (Å²) in [5, 5.41) is 10.9.